The summed E-state index contributed by atoms with van der Waals surface area (Å²) in [6.07, 6.45) is 2.00. The molecule has 0 saturated carbocycles. The molecule has 1 aromatic carbocycles. The molecule has 0 amide bonds. The number of rotatable bonds is 6. The van der Waals surface area contributed by atoms with Gasteiger partial charge in [0.25, 0.3) is 0 Å². The molecule has 16 heavy (non-hydrogen) atoms. The normalized spacial score (nSPS) is 11.3. The number of carbonyl (C=O) groups is 1. The predicted octanol–water partition coefficient (Wildman–Crippen LogP) is 2.22. The van der Waals surface area contributed by atoms with Gasteiger partial charge in [-0.25, -0.2) is 8.42 Å². The third-order valence-electron chi connectivity index (χ3n) is 2.26. The van der Waals surface area contributed by atoms with Gasteiger partial charge in [-0.3, -0.25) is 4.79 Å². The van der Waals surface area contributed by atoms with Gasteiger partial charge in [-0.05, 0) is 18.6 Å². The minimum atomic E-state index is -3.44. The Morgan fingerprint density at radius 3 is 2.38 bits per heavy atom. The molecule has 0 radical (unpaired) electrons. The molecular weight excluding hydrogens is 224 g/mol. The van der Waals surface area contributed by atoms with Gasteiger partial charge in [0.05, 0.1) is 4.90 Å². The largest absolute Gasteiger partial charge is 0.299 e. The summed E-state index contributed by atoms with van der Waals surface area (Å²) in [5, 5.41) is 0. The molecule has 1 rings (SSSR count). The molecular formula is C12H16O3S. The molecule has 0 heterocycles. The Hall–Kier alpha value is -1.16. The Morgan fingerprint density at radius 2 is 1.81 bits per heavy atom. The minimum Gasteiger partial charge on any atom is -0.299 e. The van der Waals surface area contributed by atoms with Crippen LogP contribution >= 0.6 is 0 Å². The lowest BCUT2D eigenvalue weighted by Gasteiger charge is -2.03. The molecule has 3 nitrogen and oxygen atoms in total. The van der Waals surface area contributed by atoms with Crippen LogP contribution in [0.15, 0.2) is 35.2 Å². The summed E-state index contributed by atoms with van der Waals surface area (Å²) in [5.41, 5.74) is 0. The number of unbranched alkanes of at least 4 members (excludes halogenated alkanes) is 1. The van der Waals surface area contributed by atoms with Crippen molar-refractivity contribution in [2.75, 3.05) is 5.75 Å². The van der Waals surface area contributed by atoms with Gasteiger partial charge in [0.2, 0.25) is 0 Å². The van der Waals surface area contributed by atoms with Crippen molar-refractivity contribution in [1.82, 2.24) is 0 Å². The zero-order valence-electron chi connectivity index (χ0n) is 9.35. The fourth-order valence-corrected chi connectivity index (χ4v) is 2.68. The first-order valence-corrected chi connectivity index (χ1v) is 7.01. The number of carbonyl (C=O) groups excluding carboxylic acids is 1. The van der Waals surface area contributed by atoms with Crippen molar-refractivity contribution in [2.45, 2.75) is 31.1 Å². The second-order valence-corrected chi connectivity index (χ2v) is 5.70. The maximum atomic E-state index is 11.8. The molecule has 0 saturated heterocycles. The molecule has 0 fully saturated rings. The zero-order chi connectivity index (χ0) is 12.0. The van der Waals surface area contributed by atoms with E-state index >= 15 is 0 Å². The predicted molar refractivity (Wildman–Crippen MR) is 63.0 cm³/mol. The van der Waals surface area contributed by atoms with Crippen LogP contribution in [-0.4, -0.2) is 20.0 Å². The van der Waals surface area contributed by atoms with E-state index in [9.17, 15) is 13.2 Å². The van der Waals surface area contributed by atoms with E-state index in [2.05, 4.69) is 0 Å². The summed E-state index contributed by atoms with van der Waals surface area (Å²) in [5.74, 6) is -0.581. The van der Waals surface area contributed by atoms with Crippen LogP contribution in [0, 0.1) is 0 Å². The molecule has 0 atom stereocenters. The van der Waals surface area contributed by atoms with E-state index < -0.39 is 9.84 Å². The Labute approximate surface area is 96.4 Å². The second-order valence-electron chi connectivity index (χ2n) is 3.71. The molecule has 0 spiro atoms. The lowest BCUT2D eigenvalue weighted by molar-refractivity contribution is -0.116. The van der Waals surface area contributed by atoms with Gasteiger partial charge in [0, 0.05) is 6.42 Å². The molecule has 0 bridgehead atoms. The first-order chi connectivity index (χ1) is 7.56. The molecule has 0 aliphatic carbocycles. The second kappa shape index (κ2) is 5.80. The van der Waals surface area contributed by atoms with Gasteiger partial charge < -0.3 is 0 Å². The fourth-order valence-electron chi connectivity index (χ4n) is 1.37. The quantitative estimate of drug-likeness (QED) is 0.766. The summed E-state index contributed by atoms with van der Waals surface area (Å²) in [6.45, 7) is 1.97. The van der Waals surface area contributed by atoms with E-state index in [4.69, 9.17) is 0 Å². The van der Waals surface area contributed by atoms with Gasteiger partial charge in [0.15, 0.2) is 9.84 Å². The van der Waals surface area contributed by atoms with E-state index in [0.29, 0.717) is 6.42 Å². The molecule has 88 valence electrons. The van der Waals surface area contributed by atoms with E-state index in [1.54, 1.807) is 18.2 Å². The van der Waals surface area contributed by atoms with E-state index in [1.165, 1.54) is 12.1 Å². The Bertz CT molecular complexity index is 435. The van der Waals surface area contributed by atoms with Crippen molar-refractivity contribution >= 4 is 15.6 Å². The molecule has 0 N–H and O–H groups in total. The van der Waals surface area contributed by atoms with Crippen LogP contribution in [-0.2, 0) is 14.6 Å². The molecule has 0 aromatic heterocycles. The summed E-state index contributed by atoms with van der Waals surface area (Å²) in [6, 6.07) is 8.09. The third-order valence-corrected chi connectivity index (χ3v) is 3.95. The van der Waals surface area contributed by atoms with Crippen LogP contribution in [0.1, 0.15) is 26.2 Å². The number of ketones is 1. The summed E-state index contributed by atoms with van der Waals surface area (Å²) in [4.78, 5) is 11.6. The first-order valence-electron chi connectivity index (χ1n) is 5.36. The van der Waals surface area contributed by atoms with Crippen molar-refractivity contribution in [3.05, 3.63) is 30.3 Å². The first kappa shape index (κ1) is 12.9. The molecule has 1 aromatic rings. The number of hydrogen-bond donors (Lipinski definition) is 0. The standard InChI is InChI=1S/C12H16O3S/c1-2-3-7-11(13)10-16(14,15)12-8-5-4-6-9-12/h4-6,8-9H,2-3,7,10H2,1H3. The van der Waals surface area contributed by atoms with Crippen molar-refractivity contribution in [2.24, 2.45) is 0 Å². The van der Waals surface area contributed by atoms with Gasteiger partial charge in [-0.2, -0.15) is 0 Å². The van der Waals surface area contributed by atoms with E-state index in [0.717, 1.165) is 12.8 Å². The monoisotopic (exact) mass is 240 g/mol. The summed E-state index contributed by atoms with van der Waals surface area (Å²) in [7, 11) is -3.44. The van der Waals surface area contributed by atoms with Crippen molar-refractivity contribution in [3.63, 3.8) is 0 Å². The van der Waals surface area contributed by atoms with Crippen molar-refractivity contribution in [1.29, 1.82) is 0 Å². The van der Waals surface area contributed by atoms with Crippen LogP contribution in [0.3, 0.4) is 0 Å². The number of sulfone groups is 1. The smallest absolute Gasteiger partial charge is 0.185 e. The molecule has 0 unspecified atom stereocenters. The third kappa shape index (κ3) is 3.77. The van der Waals surface area contributed by atoms with Crippen molar-refractivity contribution < 1.29 is 13.2 Å². The Morgan fingerprint density at radius 1 is 1.19 bits per heavy atom. The SMILES string of the molecule is CCCCC(=O)CS(=O)(=O)c1ccccc1. The minimum absolute atomic E-state index is 0.203. The van der Waals surface area contributed by atoms with E-state index in [1.807, 2.05) is 6.92 Å². The van der Waals surface area contributed by atoms with Crippen molar-refractivity contribution in [3.8, 4) is 0 Å². The average molecular weight is 240 g/mol. The highest BCUT2D eigenvalue weighted by molar-refractivity contribution is 7.92. The van der Waals surface area contributed by atoms with Gasteiger partial charge >= 0.3 is 0 Å². The van der Waals surface area contributed by atoms with Crippen LogP contribution < -0.4 is 0 Å². The van der Waals surface area contributed by atoms with Gasteiger partial charge in [-0.15, -0.1) is 0 Å². The molecule has 4 heteroatoms. The average Bonchev–Trinajstić information content (AvgIpc) is 2.27. The van der Waals surface area contributed by atoms with Gasteiger partial charge in [0.1, 0.15) is 11.5 Å². The molecule has 0 aliphatic heterocycles. The molecule has 0 aliphatic rings. The number of hydrogen-bond acceptors (Lipinski definition) is 3. The highest BCUT2D eigenvalue weighted by Crippen LogP contribution is 2.11. The highest BCUT2D eigenvalue weighted by atomic mass is 32.2. The maximum absolute atomic E-state index is 11.8. The zero-order valence-corrected chi connectivity index (χ0v) is 10.2. The summed E-state index contributed by atoms with van der Waals surface area (Å²) < 4.78 is 23.6. The number of Topliss-reactive ketones (excluding diaryl/α,β-unsaturated/α-hetero) is 1. The Balaban J connectivity index is 2.70. The van der Waals surface area contributed by atoms with E-state index in [-0.39, 0.29) is 16.4 Å². The van der Waals surface area contributed by atoms with Crippen LogP contribution in [0.25, 0.3) is 0 Å². The number of benzene rings is 1. The fraction of sp³-hybridized carbons (Fsp3) is 0.417. The highest BCUT2D eigenvalue weighted by Gasteiger charge is 2.18. The van der Waals surface area contributed by atoms with Crippen LogP contribution in [0.4, 0.5) is 0 Å². The van der Waals surface area contributed by atoms with Crippen LogP contribution in [0.2, 0.25) is 0 Å². The lowest BCUT2D eigenvalue weighted by Crippen LogP contribution is -2.15. The summed E-state index contributed by atoms with van der Waals surface area (Å²) >= 11 is 0. The van der Waals surface area contributed by atoms with Crippen LogP contribution in [0.5, 0.6) is 0 Å². The Kier molecular flexibility index (Phi) is 4.68. The lowest BCUT2D eigenvalue weighted by atomic mass is 10.2. The van der Waals surface area contributed by atoms with Gasteiger partial charge in [-0.1, -0.05) is 31.5 Å². The maximum Gasteiger partial charge on any atom is 0.185 e. The topological polar surface area (TPSA) is 51.2 Å².